The zero-order chi connectivity index (χ0) is 13.2. The number of aliphatic carboxylic acids is 1. The topological polar surface area (TPSA) is 118 Å². The highest BCUT2D eigenvalue weighted by Crippen LogP contribution is 2.32. The van der Waals surface area contributed by atoms with Crippen LogP contribution in [0.2, 0.25) is 0 Å². The van der Waals surface area contributed by atoms with E-state index in [0.29, 0.717) is 18.7 Å². The lowest BCUT2D eigenvalue weighted by Gasteiger charge is -2.25. The van der Waals surface area contributed by atoms with Crippen molar-refractivity contribution in [3.8, 4) is 0 Å². The van der Waals surface area contributed by atoms with Crippen LogP contribution in [0.5, 0.6) is 0 Å². The minimum atomic E-state index is -0.969. The zero-order valence-corrected chi connectivity index (χ0v) is 9.72. The number of rotatable bonds is 4. The Hall–Kier alpha value is -2.18. The quantitative estimate of drug-likeness (QED) is 0.711. The number of aromatic nitrogens is 2. The Balaban J connectivity index is 2.17. The van der Waals surface area contributed by atoms with Gasteiger partial charge in [0.2, 0.25) is 0 Å². The first kappa shape index (κ1) is 12.3. The second kappa shape index (κ2) is 4.59. The third-order valence-electron chi connectivity index (χ3n) is 3.15. The largest absolute Gasteiger partial charge is 0.480 e. The molecule has 1 aromatic heterocycles. The Kier molecular flexibility index (Phi) is 3.14. The summed E-state index contributed by atoms with van der Waals surface area (Å²) < 4.78 is 0. The summed E-state index contributed by atoms with van der Waals surface area (Å²) in [5.74, 6) is -1.21. The molecule has 0 spiro atoms. The van der Waals surface area contributed by atoms with Crippen molar-refractivity contribution in [1.82, 2.24) is 10.2 Å². The van der Waals surface area contributed by atoms with E-state index in [2.05, 4.69) is 15.5 Å². The third-order valence-corrected chi connectivity index (χ3v) is 3.15. The van der Waals surface area contributed by atoms with E-state index in [0.717, 1.165) is 12.8 Å². The highest BCUT2D eigenvalue weighted by Gasteiger charge is 2.41. The van der Waals surface area contributed by atoms with Crippen molar-refractivity contribution in [1.29, 1.82) is 0 Å². The molecule has 0 unspecified atom stereocenters. The lowest BCUT2D eigenvalue weighted by atomic mass is 9.98. The van der Waals surface area contributed by atoms with Crippen LogP contribution >= 0.6 is 0 Å². The minimum absolute atomic E-state index is 0.0522. The number of nitrogens with two attached hydrogens (primary N) is 1. The minimum Gasteiger partial charge on any atom is -0.480 e. The molecular formula is C11H14N4O3. The second-order valence-corrected chi connectivity index (χ2v) is 4.39. The number of primary amides is 1. The molecule has 7 heteroatoms. The molecule has 1 saturated carbocycles. The SMILES string of the molecule is NC(=O)c1ccc(NC2(C(=O)O)CCCC2)nn1. The van der Waals surface area contributed by atoms with E-state index in [1.807, 2.05) is 0 Å². The van der Waals surface area contributed by atoms with Gasteiger partial charge in [-0.2, -0.15) is 0 Å². The maximum absolute atomic E-state index is 11.3. The van der Waals surface area contributed by atoms with Crippen LogP contribution in [0, 0.1) is 0 Å². The van der Waals surface area contributed by atoms with E-state index in [1.165, 1.54) is 12.1 Å². The number of carboxylic acids is 1. The molecule has 18 heavy (non-hydrogen) atoms. The molecule has 2 rings (SSSR count). The first-order chi connectivity index (χ1) is 8.53. The molecule has 1 aliphatic carbocycles. The van der Waals surface area contributed by atoms with Gasteiger partial charge in [0.15, 0.2) is 5.69 Å². The van der Waals surface area contributed by atoms with Gasteiger partial charge in [0.05, 0.1) is 0 Å². The summed E-state index contributed by atoms with van der Waals surface area (Å²) >= 11 is 0. The number of anilines is 1. The second-order valence-electron chi connectivity index (χ2n) is 4.39. The molecule has 1 amide bonds. The molecule has 4 N–H and O–H groups in total. The van der Waals surface area contributed by atoms with Crippen LogP contribution in [0.25, 0.3) is 0 Å². The Bertz CT molecular complexity index is 466. The van der Waals surface area contributed by atoms with Crippen molar-refractivity contribution >= 4 is 17.7 Å². The Labute approximate surface area is 103 Å². The van der Waals surface area contributed by atoms with Crippen LogP contribution < -0.4 is 11.1 Å². The third kappa shape index (κ3) is 2.24. The van der Waals surface area contributed by atoms with Gasteiger partial charge in [-0.1, -0.05) is 12.8 Å². The van der Waals surface area contributed by atoms with Crippen molar-refractivity contribution < 1.29 is 14.7 Å². The van der Waals surface area contributed by atoms with Crippen molar-refractivity contribution in [2.75, 3.05) is 5.32 Å². The van der Waals surface area contributed by atoms with Gasteiger partial charge in [0, 0.05) is 0 Å². The molecule has 1 heterocycles. The molecule has 0 saturated heterocycles. The summed E-state index contributed by atoms with van der Waals surface area (Å²) in [7, 11) is 0. The van der Waals surface area contributed by atoms with Gasteiger partial charge in [0.25, 0.3) is 5.91 Å². The van der Waals surface area contributed by atoms with Gasteiger partial charge < -0.3 is 16.2 Å². The van der Waals surface area contributed by atoms with Gasteiger partial charge in [-0.25, -0.2) is 4.79 Å². The van der Waals surface area contributed by atoms with E-state index in [-0.39, 0.29) is 5.69 Å². The molecule has 1 aliphatic rings. The number of hydrogen-bond acceptors (Lipinski definition) is 5. The highest BCUT2D eigenvalue weighted by atomic mass is 16.4. The summed E-state index contributed by atoms with van der Waals surface area (Å²) in [4.78, 5) is 22.2. The number of hydrogen-bond donors (Lipinski definition) is 3. The fourth-order valence-corrected chi connectivity index (χ4v) is 2.15. The van der Waals surface area contributed by atoms with Crippen molar-refractivity contribution in [2.45, 2.75) is 31.2 Å². The van der Waals surface area contributed by atoms with Gasteiger partial charge in [0.1, 0.15) is 11.4 Å². The molecule has 7 nitrogen and oxygen atoms in total. The number of nitrogens with zero attached hydrogens (tertiary/aromatic N) is 2. The van der Waals surface area contributed by atoms with Crippen LogP contribution in [0.4, 0.5) is 5.82 Å². The molecule has 0 bridgehead atoms. The molecule has 0 aromatic carbocycles. The van der Waals surface area contributed by atoms with Crippen LogP contribution in [-0.2, 0) is 4.79 Å². The van der Waals surface area contributed by atoms with E-state index >= 15 is 0 Å². The molecule has 0 atom stereocenters. The molecule has 0 radical (unpaired) electrons. The van der Waals surface area contributed by atoms with E-state index in [9.17, 15) is 14.7 Å². The lowest BCUT2D eigenvalue weighted by molar-refractivity contribution is -0.142. The molecule has 1 aromatic rings. The van der Waals surface area contributed by atoms with E-state index in [1.54, 1.807) is 0 Å². The fourth-order valence-electron chi connectivity index (χ4n) is 2.15. The van der Waals surface area contributed by atoms with Crippen molar-refractivity contribution in [3.63, 3.8) is 0 Å². The lowest BCUT2D eigenvalue weighted by Crippen LogP contribution is -2.44. The number of nitrogens with one attached hydrogen (secondary N) is 1. The number of carbonyl (C=O) groups excluding carboxylic acids is 1. The molecular weight excluding hydrogens is 236 g/mol. The average Bonchev–Trinajstić information content (AvgIpc) is 2.79. The highest BCUT2D eigenvalue weighted by molar-refractivity contribution is 5.90. The van der Waals surface area contributed by atoms with Crippen LogP contribution in [0.3, 0.4) is 0 Å². The van der Waals surface area contributed by atoms with E-state index in [4.69, 9.17) is 5.73 Å². The smallest absolute Gasteiger partial charge is 0.329 e. The van der Waals surface area contributed by atoms with Crippen LogP contribution in [0.1, 0.15) is 36.2 Å². The predicted molar refractivity (Wildman–Crippen MR) is 63.0 cm³/mol. The summed E-state index contributed by atoms with van der Waals surface area (Å²) in [5, 5.41) is 19.6. The van der Waals surface area contributed by atoms with Gasteiger partial charge in [-0.3, -0.25) is 4.79 Å². The number of carbonyl (C=O) groups is 2. The molecule has 0 aliphatic heterocycles. The monoisotopic (exact) mass is 250 g/mol. The van der Waals surface area contributed by atoms with Crippen molar-refractivity contribution in [2.24, 2.45) is 5.73 Å². The van der Waals surface area contributed by atoms with Crippen molar-refractivity contribution in [3.05, 3.63) is 17.8 Å². The van der Waals surface area contributed by atoms with Gasteiger partial charge in [-0.15, -0.1) is 10.2 Å². The number of amides is 1. The summed E-state index contributed by atoms with van der Waals surface area (Å²) in [5.41, 5.74) is 4.13. The van der Waals surface area contributed by atoms with Gasteiger partial charge >= 0.3 is 5.97 Å². The van der Waals surface area contributed by atoms with Crippen LogP contribution in [0.15, 0.2) is 12.1 Å². The summed E-state index contributed by atoms with van der Waals surface area (Å²) in [6.45, 7) is 0. The first-order valence-electron chi connectivity index (χ1n) is 5.69. The maximum Gasteiger partial charge on any atom is 0.329 e. The average molecular weight is 250 g/mol. The zero-order valence-electron chi connectivity index (χ0n) is 9.72. The van der Waals surface area contributed by atoms with Crippen LogP contribution in [-0.4, -0.2) is 32.7 Å². The fraction of sp³-hybridized carbons (Fsp3) is 0.455. The van der Waals surface area contributed by atoms with E-state index < -0.39 is 17.4 Å². The van der Waals surface area contributed by atoms with Gasteiger partial charge in [-0.05, 0) is 25.0 Å². The normalized spacial score (nSPS) is 17.3. The standard InChI is InChI=1S/C11H14N4O3/c12-9(16)7-3-4-8(15-14-7)13-11(10(17)18)5-1-2-6-11/h3-4H,1-2,5-6H2,(H2,12,16)(H,13,15)(H,17,18). The Morgan fingerprint density at radius 2 is 1.94 bits per heavy atom. The summed E-state index contributed by atoms with van der Waals surface area (Å²) in [6, 6.07) is 2.93. The Morgan fingerprint density at radius 3 is 2.39 bits per heavy atom. The Morgan fingerprint density at radius 1 is 1.28 bits per heavy atom. The summed E-state index contributed by atoms with van der Waals surface area (Å²) in [6.07, 6.45) is 2.85. The molecule has 96 valence electrons. The first-order valence-corrected chi connectivity index (χ1v) is 5.69. The maximum atomic E-state index is 11.3. The number of carboxylic acid groups (broad SMARTS) is 1. The molecule has 1 fully saturated rings. The predicted octanol–water partition coefficient (Wildman–Crippen LogP) is 0.385.